The monoisotopic (exact) mass is 326 g/mol. The van der Waals surface area contributed by atoms with E-state index in [0.717, 1.165) is 30.6 Å². The molecule has 1 aliphatic carbocycles. The predicted molar refractivity (Wildman–Crippen MR) is 91.2 cm³/mol. The molecule has 1 amide bonds. The highest BCUT2D eigenvalue weighted by molar-refractivity contribution is 5.85. The highest BCUT2D eigenvalue weighted by atomic mass is 35.5. The molecule has 0 aliphatic heterocycles. The second kappa shape index (κ2) is 9.01. The molecule has 0 saturated heterocycles. The number of amides is 1. The van der Waals surface area contributed by atoms with Crippen molar-refractivity contribution in [2.75, 3.05) is 0 Å². The van der Waals surface area contributed by atoms with E-state index in [1.165, 1.54) is 0 Å². The third kappa shape index (κ3) is 5.50. The van der Waals surface area contributed by atoms with Crippen LogP contribution in [0.15, 0.2) is 24.3 Å². The average Bonchev–Trinajstić information content (AvgIpc) is 2.83. The van der Waals surface area contributed by atoms with Crippen LogP contribution in [0, 0.1) is 5.92 Å². The van der Waals surface area contributed by atoms with Crippen LogP contribution in [0.4, 0.5) is 0 Å². The van der Waals surface area contributed by atoms with Gasteiger partial charge >= 0.3 is 0 Å². The molecule has 3 N–H and O–H groups in total. The number of carbonyl (C=O) groups excluding carboxylic acids is 1. The molecule has 2 atom stereocenters. The van der Waals surface area contributed by atoms with Crippen molar-refractivity contribution in [3.05, 3.63) is 29.8 Å². The molecule has 4 nitrogen and oxygen atoms in total. The molecule has 1 fully saturated rings. The molecule has 5 heteroatoms. The first-order valence-electron chi connectivity index (χ1n) is 7.83. The minimum absolute atomic E-state index is 0. The summed E-state index contributed by atoms with van der Waals surface area (Å²) in [6.07, 6.45) is 3.92. The lowest BCUT2D eigenvalue weighted by molar-refractivity contribution is -0.122. The predicted octanol–water partition coefficient (Wildman–Crippen LogP) is 3.03. The smallest absolute Gasteiger partial charge is 0.220 e. The number of hydrogen-bond donors (Lipinski definition) is 2. The summed E-state index contributed by atoms with van der Waals surface area (Å²) in [7, 11) is 0. The van der Waals surface area contributed by atoms with Crippen molar-refractivity contribution in [2.45, 2.75) is 58.2 Å². The van der Waals surface area contributed by atoms with Crippen molar-refractivity contribution in [1.82, 2.24) is 5.32 Å². The van der Waals surface area contributed by atoms with Crippen molar-refractivity contribution >= 4 is 18.3 Å². The van der Waals surface area contributed by atoms with E-state index in [0.29, 0.717) is 18.9 Å². The number of ether oxygens (including phenoxy) is 1. The minimum atomic E-state index is 0. The molecule has 1 saturated carbocycles. The van der Waals surface area contributed by atoms with Gasteiger partial charge in [-0.15, -0.1) is 12.4 Å². The van der Waals surface area contributed by atoms with E-state index < -0.39 is 0 Å². The third-order valence-electron chi connectivity index (χ3n) is 3.98. The van der Waals surface area contributed by atoms with Crippen LogP contribution in [0.5, 0.6) is 5.75 Å². The van der Waals surface area contributed by atoms with Gasteiger partial charge in [0, 0.05) is 24.6 Å². The molecule has 1 aromatic carbocycles. The van der Waals surface area contributed by atoms with E-state index in [1.54, 1.807) is 0 Å². The van der Waals surface area contributed by atoms with Gasteiger partial charge in [-0.2, -0.15) is 0 Å². The zero-order chi connectivity index (χ0) is 15.2. The first-order valence-corrected chi connectivity index (χ1v) is 7.83. The maximum absolute atomic E-state index is 12.0. The van der Waals surface area contributed by atoms with E-state index in [1.807, 2.05) is 38.1 Å². The zero-order valence-electron chi connectivity index (χ0n) is 13.4. The summed E-state index contributed by atoms with van der Waals surface area (Å²) in [6.45, 7) is 4.50. The maximum atomic E-state index is 12.0. The number of halogens is 1. The summed E-state index contributed by atoms with van der Waals surface area (Å²) in [4.78, 5) is 12.0. The number of para-hydroxylation sites is 1. The Bertz CT molecular complexity index is 479. The van der Waals surface area contributed by atoms with E-state index in [4.69, 9.17) is 10.5 Å². The highest BCUT2D eigenvalue weighted by Crippen LogP contribution is 2.26. The van der Waals surface area contributed by atoms with Crippen molar-refractivity contribution in [3.63, 3.8) is 0 Å². The molecule has 0 unspecified atom stereocenters. The summed E-state index contributed by atoms with van der Waals surface area (Å²) < 4.78 is 5.76. The Morgan fingerprint density at radius 1 is 1.36 bits per heavy atom. The quantitative estimate of drug-likeness (QED) is 0.844. The van der Waals surface area contributed by atoms with Gasteiger partial charge in [0.05, 0.1) is 6.10 Å². The molecule has 0 bridgehead atoms. The van der Waals surface area contributed by atoms with Crippen LogP contribution < -0.4 is 15.8 Å². The van der Waals surface area contributed by atoms with Gasteiger partial charge in [-0.3, -0.25) is 4.79 Å². The number of benzene rings is 1. The van der Waals surface area contributed by atoms with Crippen LogP contribution in [-0.4, -0.2) is 18.1 Å². The second-order valence-corrected chi connectivity index (χ2v) is 6.11. The van der Waals surface area contributed by atoms with Gasteiger partial charge in [0.25, 0.3) is 0 Å². The van der Waals surface area contributed by atoms with Crippen LogP contribution in [-0.2, 0) is 11.3 Å². The van der Waals surface area contributed by atoms with Gasteiger partial charge in [-0.25, -0.2) is 0 Å². The SMILES string of the molecule is CC(C)Oc1ccccc1CNC(=O)C[C@@H]1CCC[C@H]1N.Cl. The third-order valence-corrected chi connectivity index (χ3v) is 3.98. The summed E-state index contributed by atoms with van der Waals surface area (Å²) in [6, 6.07) is 8.02. The maximum Gasteiger partial charge on any atom is 0.220 e. The summed E-state index contributed by atoms with van der Waals surface area (Å²) in [5.74, 6) is 1.26. The van der Waals surface area contributed by atoms with Crippen LogP contribution in [0.1, 0.15) is 45.1 Å². The number of rotatable bonds is 6. The number of nitrogens with two attached hydrogens (primary N) is 1. The molecular weight excluding hydrogens is 300 g/mol. The van der Waals surface area contributed by atoms with Crippen molar-refractivity contribution in [3.8, 4) is 5.75 Å². The molecule has 0 radical (unpaired) electrons. The van der Waals surface area contributed by atoms with E-state index >= 15 is 0 Å². The molecule has 2 rings (SSSR count). The average molecular weight is 327 g/mol. The van der Waals surface area contributed by atoms with Gasteiger partial charge in [0.1, 0.15) is 5.75 Å². The summed E-state index contributed by atoms with van der Waals surface area (Å²) in [5.41, 5.74) is 7.02. The molecule has 0 spiro atoms. The molecule has 124 valence electrons. The largest absolute Gasteiger partial charge is 0.491 e. The zero-order valence-corrected chi connectivity index (χ0v) is 14.2. The topological polar surface area (TPSA) is 64.3 Å². The fourth-order valence-corrected chi connectivity index (χ4v) is 2.84. The Labute approximate surface area is 139 Å². The number of hydrogen-bond acceptors (Lipinski definition) is 3. The van der Waals surface area contributed by atoms with Crippen molar-refractivity contribution in [1.29, 1.82) is 0 Å². The Kier molecular flexibility index (Phi) is 7.69. The number of nitrogens with one attached hydrogen (secondary N) is 1. The Hall–Kier alpha value is -1.26. The van der Waals surface area contributed by atoms with Crippen molar-refractivity contribution in [2.24, 2.45) is 11.7 Å². The van der Waals surface area contributed by atoms with Crippen LogP contribution in [0.2, 0.25) is 0 Å². The molecule has 0 aromatic heterocycles. The highest BCUT2D eigenvalue weighted by Gasteiger charge is 2.25. The lowest BCUT2D eigenvalue weighted by Crippen LogP contribution is -2.31. The molecular formula is C17H27ClN2O2. The van der Waals surface area contributed by atoms with Gasteiger partial charge in [0.15, 0.2) is 0 Å². The lowest BCUT2D eigenvalue weighted by Gasteiger charge is -2.16. The van der Waals surface area contributed by atoms with E-state index in [2.05, 4.69) is 5.32 Å². The Balaban J connectivity index is 0.00000242. The van der Waals surface area contributed by atoms with Crippen molar-refractivity contribution < 1.29 is 9.53 Å². The van der Waals surface area contributed by atoms with E-state index in [9.17, 15) is 4.79 Å². The molecule has 1 aliphatic rings. The summed E-state index contributed by atoms with van der Waals surface area (Å²) in [5, 5.41) is 2.99. The van der Waals surface area contributed by atoms with Gasteiger partial charge in [0.2, 0.25) is 5.91 Å². The summed E-state index contributed by atoms with van der Waals surface area (Å²) >= 11 is 0. The van der Waals surface area contributed by atoms with Gasteiger partial charge in [-0.05, 0) is 38.7 Å². The molecule has 1 aromatic rings. The fourth-order valence-electron chi connectivity index (χ4n) is 2.84. The first kappa shape index (κ1) is 18.8. The van der Waals surface area contributed by atoms with E-state index in [-0.39, 0.29) is 30.5 Å². The van der Waals surface area contributed by atoms with Crippen LogP contribution in [0.25, 0.3) is 0 Å². The standard InChI is InChI=1S/C17H26N2O2.ClH/c1-12(2)21-16-9-4-3-6-14(16)11-19-17(20)10-13-7-5-8-15(13)18;/h3-4,6,9,12-13,15H,5,7-8,10-11,18H2,1-2H3,(H,19,20);1H/t13-,15+;/m0./s1. The Morgan fingerprint density at radius 3 is 2.73 bits per heavy atom. The van der Waals surface area contributed by atoms with Crippen LogP contribution in [0.3, 0.4) is 0 Å². The first-order chi connectivity index (χ1) is 10.1. The fraction of sp³-hybridized carbons (Fsp3) is 0.588. The van der Waals surface area contributed by atoms with Gasteiger partial charge in [-0.1, -0.05) is 24.6 Å². The van der Waals surface area contributed by atoms with Crippen LogP contribution >= 0.6 is 12.4 Å². The number of carbonyl (C=O) groups is 1. The minimum Gasteiger partial charge on any atom is -0.491 e. The van der Waals surface area contributed by atoms with Gasteiger partial charge < -0.3 is 15.8 Å². The lowest BCUT2D eigenvalue weighted by atomic mass is 10.00. The molecule has 0 heterocycles. The normalized spacial score (nSPS) is 20.5. The second-order valence-electron chi connectivity index (χ2n) is 6.11. The Morgan fingerprint density at radius 2 is 2.09 bits per heavy atom. The molecule has 22 heavy (non-hydrogen) atoms.